The summed E-state index contributed by atoms with van der Waals surface area (Å²) in [6, 6.07) is 18.3. The van der Waals surface area contributed by atoms with Crippen LogP contribution in [0.25, 0.3) is 0 Å². The smallest absolute Gasteiger partial charge is 0.344 e. The molecule has 0 aliphatic carbocycles. The second kappa shape index (κ2) is 12.9. The van der Waals surface area contributed by atoms with E-state index in [0.29, 0.717) is 12.4 Å². The van der Waals surface area contributed by atoms with Crippen LogP contribution in [0.2, 0.25) is 0 Å². The maximum atomic E-state index is 11.8. The highest BCUT2D eigenvalue weighted by molar-refractivity contribution is 5.71. The van der Waals surface area contributed by atoms with Gasteiger partial charge in [-0.1, -0.05) is 67.3 Å². The molecule has 0 aromatic heterocycles. The van der Waals surface area contributed by atoms with Gasteiger partial charge in [0.1, 0.15) is 17.2 Å². The van der Waals surface area contributed by atoms with Crippen LogP contribution in [0.4, 0.5) is 0 Å². The molecule has 1 aliphatic heterocycles. The number of phenols is 1. The molecule has 0 bridgehead atoms. The Labute approximate surface area is 238 Å². The van der Waals surface area contributed by atoms with E-state index >= 15 is 0 Å². The molecule has 7 nitrogen and oxygen atoms in total. The van der Waals surface area contributed by atoms with Crippen LogP contribution in [-0.2, 0) is 15.2 Å². The van der Waals surface area contributed by atoms with Gasteiger partial charge in [-0.2, -0.15) is 0 Å². The van der Waals surface area contributed by atoms with E-state index < -0.39 is 11.6 Å². The van der Waals surface area contributed by atoms with Crippen molar-refractivity contribution in [2.24, 2.45) is 0 Å². The van der Waals surface area contributed by atoms with E-state index in [1.165, 1.54) is 22.3 Å². The lowest BCUT2D eigenvalue weighted by molar-refractivity contribution is -0.145. The average Bonchev–Trinajstić information content (AvgIpc) is 2.90. The number of esters is 1. The Balaban J connectivity index is 1.78. The predicted octanol–water partition coefficient (Wildman–Crippen LogP) is 6.09. The van der Waals surface area contributed by atoms with Crippen LogP contribution >= 0.6 is 0 Å². The summed E-state index contributed by atoms with van der Waals surface area (Å²) in [6.07, 6.45) is 2.35. The number of hydrogen-bond acceptors (Lipinski definition) is 7. The van der Waals surface area contributed by atoms with Crippen molar-refractivity contribution in [2.75, 3.05) is 13.2 Å². The molecule has 3 aromatic rings. The minimum absolute atomic E-state index is 0.0955. The quantitative estimate of drug-likeness (QED) is 0.229. The van der Waals surface area contributed by atoms with Crippen molar-refractivity contribution in [2.45, 2.75) is 78.8 Å². The fourth-order valence-corrected chi connectivity index (χ4v) is 5.60. The molecule has 0 radical (unpaired) electrons. The maximum Gasteiger partial charge on any atom is 0.344 e. The number of benzene rings is 3. The molecule has 1 saturated heterocycles. The zero-order valence-corrected chi connectivity index (χ0v) is 24.6. The normalized spacial score (nSPS) is 20.8. The standard InChI is InChI=1S/C33H43N3O4/c1-7-9-16-33(28-15-12-25(19-29(28)37)40-20-30(38)39-8-2)35-31(26-13-10-21(3)17-23(26)5)34-32(36-33)27-14-11-22(4)18-24(27)6/h10-15,17-19,31-32,34-37H,7-9,16,20H2,1-6H3. The van der Waals surface area contributed by atoms with Gasteiger partial charge in [-0.3, -0.25) is 16.0 Å². The lowest BCUT2D eigenvalue weighted by Gasteiger charge is -2.49. The molecule has 0 spiro atoms. The predicted molar refractivity (Wildman–Crippen MR) is 158 cm³/mol. The Bertz CT molecular complexity index is 1280. The molecule has 4 N–H and O–H groups in total. The van der Waals surface area contributed by atoms with E-state index in [2.05, 4.69) is 87.0 Å². The number of unbranched alkanes of at least 4 members (excludes halogenated alkanes) is 1. The van der Waals surface area contributed by atoms with Crippen LogP contribution in [0.3, 0.4) is 0 Å². The molecular formula is C33H43N3O4. The summed E-state index contributed by atoms with van der Waals surface area (Å²) in [5.41, 5.74) is 7.15. The SMILES string of the molecule is CCCCC1(c2ccc(OCC(=O)OCC)cc2O)NC(c2ccc(C)cc2C)NC(c2ccc(C)cc2C)N1. The van der Waals surface area contributed by atoms with E-state index in [-0.39, 0.29) is 24.7 Å². The minimum atomic E-state index is -0.741. The summed E-state index contributed by atoms with van der Waals surface area (Å²) < 4.78 is 10.6. The third-order valence-electron chi connectivity index (χ3n) is 7.58. The third-order valence-corrected chi connectivity index (χ3v) is 7.58. The summed E-state index contributed by atoms with van der Waals surface area (Å²) in [4.78, 5) is 11.8. The molecule has 1 aliphatic rings. The number of rotatable bonds is 10. The van der Waals surface area contributed by atoms with Crippen LogP contribution in [0, 0.1) is 27.7 Å². The number of hydrogen-bond donors (Lipinski definition) is 4. The molecule has 2 atom stereocenters. The van der Waals surface area contributed by atoms with Crippen LogP contribution < -0.4 is 20.7 Å². The maximum absolute atomic E-state index is 11.8. The molecule has 0 amide bonds. The molecule has 4 rings (SSSR count). The molecule has 214 valence electrons. The topological polar surface area (TPSA) is 91.9 Å². The highest BCUT2D eigenvalue weighted by Crippen LogP contribution is 2.40. The molecule has 40 heavy (non-hydrogen) atoms. The first-order chi connectivity index (χ1) is 19.2. The molecule has 0 saturated carbocycles. The van der Waals surface area contributed by atoms with Gasteiger partial charge in [0.2, 0.25) is 0 Å². The largest absolute Gasteiger partial charge is 0.507 e. The molecule has 2 unspecified atom stereocenters. The van der Waals surface area contributed by atoms with E-state index in [1.54, 1.807) is 19.1 Å². The van der Waals surface area contributed by atoms with Crippen LogP contribution in [0.15, 0.2) is 54.6 Å². The zero-order valence-electron chi connectivity index (χ0n) is 24.6. The van der Waals surface area contributed by atoms with Crippen molar-refractivity contribution in [1.29, 1.82) is 0 Å². The Kier molecular flexibility index (Phi) is 9.51. The Morgan fingerprint density at radius 1 is 0.875 bits per heavy atom. The second-order valence-electron chi connectivity index (χ2n) is 10.8. The van der Waals surface area contributed by atoms with Gasteiger partial charge in [-0.05, 0) is 75.4 Å². The van der Waals surface area contributed by atoms with Gasteiger partial charge in [0.15, 0.2) is 6.61 Å². The number of carbonyl (C=O) groups excluding carboxylic acids is 1. The van der Waals surface area contributed by atoms with Crippen molar-refractivity contribution in [3.63, 3.8) is 0 Å². The number of carbonyl (C=O) groups is 1. The lowest BCUT2D eigenvalue weighted by atomic mass is 9.88. The number of phenolic OH excluding ortho intramolecular Hbond substituents is 1. The summed E-state index contributed by atoms with van der Waals surface area (Å²) in [7, 11) is 0. The number of aryl methyl sites for hydroxylation is 4. The summed E-state index contributed by atoms with van der Waals surface area (Å²) >= 11 is 0. The van der Waals surface area contributed by atoms with Crippen molar-refractivity contribution in [3.05, 3.63) is 93.5 Å². The van der Waals surface area contributed by atoms with Gasteiger partial charge in [-0.15, -0.1) is 0 Å². The summed E-state index contributed by atoms with van der Waals surface area (Å²) in [5, 5.41) is 22.9. The lowest BCUT2D eigenvalue weighted by Crippen LogP contribution is -2.66. The van der Waals surface area contributed by atoms with E-state index in [0.717, 1.165) is 36.0 Å². The Hall–Kier alpha value is -3.39. The van der Waals surface area contributed by atoms with Crippen LogP contribution in [0.1, 0.15) is 84.4 Å². The van der Waals surface area contributed by atoms with Gasteiger partial charge in [0.05, 0.1) is 18.9 Å². The van der Waals surface area contributed by atoms with Crippen molar-refractivity contribution in [1.82, 2.24) is 16.0 Å². The molecule has 1 heterocycles. The van der Waals surface area contributed by atoms with Gasteiger partial charge in [0, 0.05) is 11.6 Å². The number of nitrogens with one attached hydrogen (secondary N) is 3. The van der Waals surface area contributed by atoms with Crippen LogP contribution in [0.5, 0.6) is 11.5 Å². The van der Waals surface area contributed by atoms with Crippen LogP contribution in [-0.4, -0.2) is 24.3 Å². The first kappa shape index (κ1) is 29.6. The second-order valence-corrected chi connectivity index (χ2v) is 10.8. The molecule has 3 aromatic carbocycles. The van der Waals surface area contributed by atoms with Gasteiger partial charge in [-0.25, -0.2) is 4.79 Å². The molecule has 7 heteroatoms. The average molecular weight is 546 g/mol. The zero-order chi connectivity index (χ0) is 28.9. The monoisotopic (exact) mass is 545 g/mol. The van der Waals surface area contributed by atoms with E-state index in [4.69, 9.17) is 9.47 Å². The minimum Gasteiger partial charge on any atom is -0.507 e. The van der Waals surface area contributed by atoms with E-state index in [9.17, 15) is 9.90 Å². The van der Waals surface area contributed by atoms with Crippen molar-refractivity contribution in [3.8, 4) is 11.5 Å². The van der Waals surface area contributed by atoms with Crippen molar-refractivity contribution < 1.29 is 19.4 Å². The summed E-state index contributed by atoms with van der Waals surface area (Å²) in [5.74, 6) is 0.0589. The van der Waals surface area contributed by atoms with Gasteiger partial charge in [0.25, 0.3) is 0 Å². The highest BCUT2D eigenvalue weighted by atomic mass is 16.6. The highest BCUT2D eigenvalue weighted by Gasteiger charge is 2.43. The Morgan fingerprint density at radius 3 is 1.98 bits per heavy atom. The number of ether oxygens (including phenoxy) is 2. The third kappa shape index (κ3) is 6.66. The fraction of sp³-hybridized carbons (Fsp3) is 0.424. The first-order valence-corrected chi connectivity index (χ1v) is 14.2. The van der Waals surface area contributed by atoms with E-state index in [1.807, 2.05) is 6.07 Å². The van der Waals surface area contributed by atoms with Gasteiger partial charge < -0.3 is 14.6 Å². The summed E-state index contributed by atoms with van der Waals surface area (Å²) in [6.45, 7) is 12.5. The Morgan fingerprint density at radius 2 is 1.48 bits per heavy atom. The fourth-order valence-electron chi connectivity index (χ4n) is 5.60. The molecular weight excluding hydrogens is 502 g/mol. The van der Waals surface area contributed by atoms with Crippen molar-refractivity contribution >= 4 is 5.97 Å². The molecule has 1 fully saturated rings. The number of aromatic hydroxyl groups is 1. The van der Waals surface area contributed by atoms with Gasteiger partial charge >= 0.3 is 5.97 Å². The first-order valence-electron chi connectivity index (χ1n) is 14.2.